The highest BCUT2D eigenvalue weighted by Gasteiger charge is 2.29. The Balaban J connectivity index is 2.19. The molecule has 0 radical (unpaired) electrons. The van der Waals surface area contributed by atoms with Gasteiger partial charge in [-0.2, -0.15) is 0 Å². The fourth-order valence-corrected chi connectivity index (χ4v) is 2.66. The van der Waals surface area contributed by atoms with E-state index in [0.717, 1.165) is 24.9 Å². The summed E-state index contributed by atoms with van der Waals surface area (Å²) in [7, 11) is 0. The number of rotatable bonds is 3. The van der Waals surface area contributed by atoms with E-state index in [1.165, 1.54) is 25.7 Å². The van der Waals surface area contributed by atoms with E-state index < -0.39 is 0 Å². The average molecular weight is 221 g/mol. The Kier molecular flexibility index (Phi) is 5.35. The van der Waals surface area contributed by atoms with Gasteiger partial charge in [-0.25, -0.2) is 0 Å². The van der Waals surface area contributed by atoms with Crippen molar-refractivity contribution in [1.29, 1.82) is 0 Å². The van der Waals surface area contributed by atoms with Gasteiger partial charge < -0.3 is 5.32 Å². The van der Waals surface area contributed by atoms with Crippen LogP contribution in [0, 0.1) is 29.1 Å². The molecule has 0 spiro atoms. The molecule has 0 unspecified atom stereocenters. The van der Waals surface area contributed by atoms with Crippen molar-refractivity contribution in [2.45, 2.75) is 53.4 Å². The molecule has 0 heterocycles. The number of nitrogens with one attached hydrogen (secondary N) is 1. The first-order valence-corrected chi connectivity index (χ1v) is 6.64. The highest BCUT2D eigenvalue weighted by atomic mass is 14.8. The largest absolute Gasteiger partial charge is 0.306 e. The fourth-order valence-electron chi connectivity index (χ4n) is 2.66. The van der Waals surface area contributed by atoms with Gasteiger partial charge in [0.05, 0.1) is 6.54 Å². The molecule has 1 nitrogen and oxygen atoms in total. The number of hydrogen-bond donors (Lipinski definition) is 1. The summed E-state index contributed by atoms with van der Waals surface area (Å²) in [4.78, 5) is 0. The van der Waals surface area contributed by atoms with E-state index in [4.69, 9.17) is 0 Å². The highest BCUT2D eigenvalue weighted by molar-refractivity contribution is 4.97. The second-order valence-corrected chi connectivity index (χ2v) is 6.14. The van der Waals surface area contributed by atoms with Gasteiger partial charge in [-0.15, -0.1) is 5.92 Å². The molecule has 1 fully saturated rings. The molecule has 1 saturated carbocycles. The zero-order valence-corrected chi connectivity index (χ0v) is 11.4. The van der Waals surface area contributed by atoms with Crippen LogP contribution in [-0.2, 0) is 0 Å². The Morgan fingerprint density at radius 2 is 1.75 bits per heavy atom. The van der Waals surface area contributed by atoms with Crippen LogP contribution in [0.4, 0.5) is 0 Å². The molecule has 1 N–H and O–H groups in total. The zero-order chi connectivity index (χ0) is 12.0. The second kappa shape index (κ2) is 6.30. The Morgan fingerprint density at radius 1 is 1.12 bits per heavy atom. The first-order chi connectivity index (χ1) is 7.54. The van der Waals surface area contributed by atoms with E-state index in [9.17, 15) is 0 Å². The van der Waals surface area contributed by atoms with Crippen LogP contribution in [-0.4, -0.2) is 13.1 Å². The summed E-state index contributed by atoms with van der Waals surface area (Å²) < 4.78 is 0. The van der Waals surface area contributed by atoms with Crippen molar-refractivity contribution >= 4 is 0 Å². The SMILES string of the molecule is CC#CCNCC1CCC(C(C)(C)C)CC1. The molecule has 1 heteroatoms. The third-order valence-corrected chi connectivity index (χ3v) is 3.89. The van der Waals surface area contributed by atoms with Gasteiger partial charge in [-0.05, 0) is 56.4 Å². The van der Waals surface area contributed by atoms with Crippen molar-refractivity contribution in [3.63, 3.8) is 0 Å². The maximum Gasteiger partial charge on any atom is 0.0576 e. The van der Waals surface area contributed by atoms with Crippen molar-refractivity contribution in [2.75, 3.05) is 13.1 Å². The molecule has 1 aliphatic rings. The van der Waals surface area contributed by atoms with Gasteiger partial charge in [-0.3, -0.25) is 0 Å². The van der Waals surface area contributed by atoms with E-state index >= 15 is 0 Å². The lowest BCUT2D eigenvalue weighted by Crippen LogP contribution is -2.30. The topological polar surface area (TPSA) is 12.0 Å². The van der Waals surface area contributed by atoms with Crippen molar-refractivity contribution in [3.8, 4) is 11.8 Å². The minimum absolute atomic E-state index is 0.506. The Bertz CT molecular complexity index is 243. The lowest BCUT2D eigenvalue weighted by molar-refractivity contribution is 0.149. The minimum atomic E-state index is 0.506. The average Bonchev–Trinajstić information content (AvgIpc) is 2.24. The van der Waals surface area contributed by atoms with Gasteiger partial charge in [0.2, 0.25) is 0 Å². The quantitative estimate of drug-likeness (QED) is 0.568. The summed E-state index contributed by atoms with van der Waals surface area (Å²) in [6.07, 6.45) is 5.62. The van der Waals surface area contributed by atoms with Gasteiger partial charge in [0.25, 0.3) is 0 Å². The van der Waals surface area contributed by atoms with Crippen LogP contribution in [0.15, 0.2) is 0 Å². The van der Waals surface area contributed by atoms with Gasteiger partial charge >= 0.3 is 0 Å². The molecule has 0 atom stereocenters. The molecular weight excluding hydrogens is 194 g/mol. The molecule has 0 saturated heterocycles. The van der Waals surface area contributed by atoms with E-state index in [0.29, 0.717) is 5.41 Å². The van der Waals surface area contributed by atoms with Crippen molar-refractivity contribution in [3.05, 3.63) is 0 Å². The van der Waals surface area contributed by atoms with Gasteiger partial charge in [0.1, 0.15) is 0 Å². The van der Waals surface area contributed by atoms with E-state index in [1.807, 2.05) is 6.92 Å². The molecule has 0 aliphatic heterocycles. The van der Waals surface area contributed by atoms with E-state index in [2.05, 4.69) is 37.9 Å². The predicted octanol–water partition coefficient (Wildman–Crippen LogP) is 3.45. The Labute approximate surface area is 101 Å². The predicted molar refractivity (Wildman–Crippen MR) is 71.2 cm³/mol. The molecule has 16 heavy (non-hydrogen) atoms. The summed E-state index contributed by atoms with van der Waals surface area (Å²) >= 11 is 0. The summed E-state index contributed by atoms with van der Waals surface area (Å²) in [5.41, 5.74) is 0.506. The molecule has 0 bridgehead atoms. The van der Waals surface area contributed by atoms with E-state index in [-0.39, 0.29) is 0 Å². The van der Waals surface area contributed by atoms with Crippen LogP contribution in [0.1, 0.15) is 53.4 Å². The third kappa shape index (κ3) is 4.58. The van der Waals surface area contributed by atoms with Crippen molar-refractivity contribution in [1.82, 2.24) is 5.32 Å². The van der Waals surface area contributed by atoms with Crippen LogP contribution in [0.25, 0.3) is 0 Å². The van der Waals surface area contributed by atoms with E-state index in [1.54, 1.807) is 0 Å². The lowest BCUT2D eigenvalue weighted by Gasteiger charge is -2.37. The second-order valence-electron chi connectivity index (χ2n) is 6.14. The monoisotopic (exact) mass is 221 g/mol. The van der Waals surface area contributed by atoms with Crippen molar-refractivity contribution in [2.24, 2.45) is 17.3 Å². The fraction of sp³-hybridized carbons (Fsp3) is 0.867. The first-order valence-electron chi connectivity index (χ1n) is 6.64. The smallest absolute Gasteiger partial charge is 0.0576 e. The molecule has 1 rings (SSSR count). The molecule has 0 aromatic carbocycles. The molecule has 92 valence electrons. The lowest BCUT2D eigenvalue weighted by atomic mass is 9.70. The van der Waals surface area contributed by atoms with Gasteiger partial charge in [0.15, 0.2) is 0 Å². The Morgan fingerprint density at radius 3 is 2.25 bits per heavy atom. The molecule has 1 aliphatic carbocycles. The third-order valence-electron chi connectivity index (χ3n) is 3.89. The van der Waals surface area contributed by atoms with Gasteiger partial charge in [-0.1, -0.05) is 26.7 Å². The maximum absolute atomic E-state index is 3.44. The van der Waals surface area contributed by atoms with Crippen LogP contribution in [0.3, 0.4) is 0 Å². The summed E-state index contributed by atoms with van der Waals surface area (Å²) in [6.45, 7) is 11.1. The maximum atomic E-state index is 3.44. The summed E-state index contributed by atoms with van der Waals surface area (Å²) in [5.74, 6) is 7.80. The first kappa shape index (κ1) is 13.6. The highest BCUT2D eigenvalue weighted by Crippen LogP contribution is 2.39. The van der Waals surface area contributed by atoms with Crippen LogP contribution < -0.4 is 5.32 Å². The normalized spacial score (nSPS) is 26.0. The summed E-state index contributed by atoms with van der Waals surface area (Å²) in [6, 6.07) is 0. The number of hydrogen-bond acceptors (Lipinski definition) is 1. The van der Waals surface area contributed by atoms with Crippen LogP contribution in [0.5, 0.6) is 0 Å². The zero-order valence-electron chi connectivity index (χ0n) is 11.4. The Hall–Kier alpha value is -0.480. The van der Waals surface area contributed by atoms with Crippen LogP contribution in [0.2, 0.25) is 0 Å². The molecule has 0 aromatic heterocycles. The van der Waals surface area contributed by atoms with Crippen LogP contribution >= 0.6 is 0 Å². The van der Waals surface area contributed by atoms with Crippen molar-refractivity contribution < 1.29 is 0 Å². The summed E-state index contributed by atoms with van der Waals surface area (Å²) in [5, 5.41) is 3.44. The molecule has 0 aromatic rings. The van der Waals surface area contributed by atoms with Gasteiger partial charge in [0, 0.05) is 0 Å². The molecular formula is C15H27N. The molecule has 0 amide bonds. The standard InChI is InChI=1S/C15H27N/c1-5-6-11-16-12-13-7-9-14(10-8-13)15(2,3)4/h13-14,16H,7-12H2,1-4H3. The minimum Gasteiger partial charge on any atom is -0.306 e.